The Bertz CT molecular complexity index is 526. The molecule has 0 saturated heterocycles. The number of amides is 1. The molecule has 0 aromatic heterocycles. The molecule has 1 amide bonds. The van der Waals surface area contributed by atoms with Crippen LogP contribution in [-0.2, 0) is 4.79 Å². The number of hydrogen-bond acceptors (Lipinski definition) is 3. The number of halogens is 1. The summed E-state index contributed by atoms with van der Waals surface area (Å²) in [6.07, 6.45) is 2.43. The number of benzene rings is 1. The highest BCUT2D eigenvalue weighted by atomic mass is 79.9. The molecule has 18 heavy (non-hydrogen) atoms. The standard InChI is InChI=1S/C13H13BrN2O2/c14-8-1-4-10-11(7-8)16(13(18)12(10)17)6-5-15-9-2-3-9/h1,4,7,9,15H,2-3,5-6H2. The largest absolute Gasteiger partial charge is 0.312 e. The summed E-state index contributed by atoms with van der Waals surface area (Å²) in [5.74, 6) is -0.815. The molecular formula is C13H13BrN2O2. The number of Topliss-reactive ketones (excluding diaryl/α,β-unsaturated/α-hetero) is 1. The highest BCUT2D eigenvalue weighted by molar-refractivity contribution is 9.10. The normalized spacial score (nSPS) is 18.4. The summed E-state index contributed by atoms with van der Waals surface area (Å²) in [5.41, 5.74) is 1.23. The zero-order valence-corrected chi connectivity index (χ0v) is 11.4. The Morgan fingerprint density at radius 1 is 1.33 bits per heavy atom. The molecule has 2 aliphatic rings. The number of carbonyl (C=O) groups is 2. The molecular weight excluding hydrogens is 296 g/mol. The zero-order chi connectivity index (χ0) is 12.7. The van der Waals surface area contributed by atoms with Crippen molar-refractivity contribution in [3.8, 4) is 0 Å². The molecule has 1 aliphatic carbocycles. The topological polar surface area (TPSA) is 49.4 Å². The molecule has 3 rings (SSSR count). The minimum Gasteiger partial charge on any atom is -0.312 e. The average Bonchev–Trinajstić information content (AvgIpc) is 3.13. The summed E-state index contributed by atoms with van der Waals surface area (Å²) in [4.78, 5) is 25.3. The fraction of sp³-hybridized carbons (Fsp3) is 0.385. The molecule has 1 aromatic rings. The van der Waals surface area contributed by atoms with Crippen molar-refractivity contribution in [2.75, 3.05) is 18.0 Å². The van der Waals surface area contributed by atoms with E-state index in [9.17, 15) is 9.59 Å². The number of fused-ring (bicyclic) bond motifs is 1. The number of hydrogen-bond donors (Lipinski definition) is 1. The molecule has 0 bridgehead atoms. The number of anilines is 1. The second kappa shape index (κ2) is 4.48. The third-order valence-corrected chi connectivity index (χ3v) is 3.77. The van der Waals surface area contributed by atoms with Crippen LogP contribution in [-0.4, -0.2) is 30.8 Å². The van der Waals surface area contributed by atoms with E-state index < -0.39 is 11.7 Å². The minimum absolute atomic E-state index is 0.399. The summed E-state index contributed by atoms with van der Waals surface area (Å²) in [5, 5.41) is 3.35. The lowest BCUT2D eigenvalue weighted by Gasteiger charge is -2.16. The van der Waals surface area contributed by atoms with Gasteiger partial charge in [0, 0.05) is 23.6 Å². The third-order valence-electron chi connectivity index (χ3n) is 3.28. The van der Waals surface area contributed by atoms with Crippen molar-refractivity contribution >= 4 is 33.3 Å². The van der Waals surface area contributed by atoms with Crippen LogP contribution in [0.15, 0.2) is 22.7 Å². The van der Waals surface area contributed by atoms with Crippen LogP contribution in [0, 0.1) is 0 Å². The Kier molecular flexibility index (Phi) is 2.95. The van der Waals surface area contributed by atoms with Crippen molar-refractivity contribution in [3.63, 3.8) is 0 Å². The maximum atomic E-state index is 11.9. The third kappa shape index (κ3) is 2.08. The molecule has 0 spiro atoms. The fourth-order valence-electron chi connectivity index (χ4n) is 2.16. The number of ketones is 1. The Morgan fingerprint density at radius 3 is 2.83 bits per heavy atom. The van der Waals surface area contributed by atoms with Crippen molar-refractivity contribution < 1.29 is 9.59 Å². The average molecular weight is 309 g/mol. The Hall–Kier alpha value is -1.20. The van der Waals surface area contributed by atoms with Gasteiger partial charge in [0.2, 0.25) is 0 Å². The van der Waals surface area contributed by atoms with Gasteiger partial charge >= 0.3 is 0 Å². The van der Waals surface area contributed by atoms with Gasteiger partial charge in [0.15, 0.2) is 0 Å². The maximum Gasteiger partial charge on any atom is 0.299 e. The Balaban J connectivity index is 1.79. The lowest BCUT2D eigenvalue weighted by Crippen LogP contribution is -2.36. The first kappa shape index (κ1) is 11.9. The molecule has 94 valence electrons. The van der Waals surface area contributed by atoms with Crippen LogP contribution in [0.5, 0.6) is 0 Å². The van der Waals surface area contributed by atoms with Gasteiger partial charge in [-0.1, -0.05) is 15.9 Å². The van der Waals surface area contributed by atoms with Crippen LogP contribution in [0.4, 0.5) is 5.69 Å². The Labute approximate surface area is 113 Å². The van der Waals surface area contributed by atoms with Crippen LogP contribution in [0.3, 0.4) is 0 Å². The molecule has 1 aliphatic heterocycles. The molecule has 1 saturated carbocycles. The smallest absolute Gasteiger partial charge is 0.299 e. The van der Waals surface area contributed by atoms with E-state index in [0.29, 0.717) is 18.2 Å². The molecule has 0 radical (unpaired) electrons. The minimum atomic E-state index is -0.416. The van der Waals surface area contributed by atoms with Gasteiger partial charge in [-0.05, 0) is 31.0 Å². The van der Waals surface area contributed by atoms with Crippen LogP contribution in [0.2, 0.25) is 0 Å². The molecule has 1 aromatic carbocycles. The lowest BCUT2D eigenvalue weighted by molar-refractivity contribution is -0.114. The first-order valence-corrected chi connectivity index (χ1v) is 6.85. The van der Waals surface area contributed by atoms with Gasteiger partial charge in [-0.2, -0.15) is 0 Å². The zero-order valence-electron chi connectivity index (χ0n) is 9.78. The van der Waals surface area contributed by atoms with E-state index in [1.54, 1.807) is 17.0 Å². The molecule has 4 nitrogen and oxygen atoms in total. The monoisotopic (exact) mass is 308 g/mol. The highest BCUT2D eigenvalue weighted by Crippen LogP contribution is 2.31. The fourth-order valence-corrected chi connectivity index (χ4v) is 2.51. The van der Waals surface area contributed by atoms with Gasteiger partial charge in [-0.15, -0.1) is 0 Å². The first-order valence-electron chi connectivity index (χ1n) is 6.06. The van der Waals surface area contributed by atoms with E-state index in [1.807, 2.05) is 6.07 Å². The molecule has 0 atom stereocenters. The molecule has 5 heteroatoms. The van der Waals surface area contributed by atoms with E-state index in [1.165, 1.54) is 12.8 Å². The number of nitrogens with zero attached hydrogens (tertiary/aromatic N) is 1. The van der Waals surface area contributed by atoms with Crippen molar-refractivity contribution in [1.82, 2.24) is 5.32 Å². The van der Waals surface area contributed by atoms with Gasteiger partial charge in [-0.25, -0.2) is 0 Å². The summed E-state index contributed by atoms with van der Waals surface area (Å²) < 4.78 is 0.879. The SMILES string of the molecule is O=C1C(=O)N(CCNC2CC2)c2cc(Br)ccc21. The highest BCUT2D eigenvalue weighted by Gasteiger charge is 2.35. The maximum absolute atomic E-state index is 11.9. The van der Waals surface area contributed by atoms with Crippen LogP contribution in [0.25, 0.3) is 0 Å². The molecule has 1 heterocycles. The van der Waals surface area contributed by atoms with E-state index in [4.69, 9.17) is 0 Å². The van der Waals surface area contributed by atoms with Crippen molar-refractivity contribution in [2.24, 2.45) is 0 Å². The van der Waals surface area contributed by atoms with E-state index in [2.05, 4.69) is 21.2 Å². The van der Waals surface area contributed by atoms with E-state index >= 15 is 0 Å². The van der Waals surface area contributed by atoms with E-state index in [0.717, 1.165) is 16.7 Å². The lowest BCUT2D eigenvalue weighted by atomic mass is 10.1. The van der Waals surface area contributed by atoms with Gasteiger partial charge in [0.25, 0.3) is 11.7 Å². The summed E-state index contributed by atoms with van der Waals surface area (Å²) in [6, 6.07) is 5.93. The first-order chi connectivity index (χ1) is 8.66. The van der Waals surface area contributed by atoms with Gasteiger partial charge in [0.1, 0.15) is 0 Å². The van der Waals surface area contributed by atoms with Crippen molar-refractivity contribution in [3.05, 3.63) is 28.2 Å². The Morgan fingerprint density at radius 2 is 2.11 bits per heavy atom. The summed E-state index contributed by atoms with van der Waals surface area (Å²) in [7, 11) is 0. The van der Waals surface area contributed by atoms with Crippen molar-refractivity contribution in [1.29, 1.82) is 0 Å². The van der Waals surface area contributed by atoms with Crippen LogP contribution < -0.4 is 10.2 Å². The second-order valence-electron chi connectivity index (χ2n) is 4.68. The van der Waals surface area contributed by atoms with Crippen molar-refractivity contribution in [2.45, 2.75) is 18.9 Å². The quantitative estimate of drug-likeness (QED) is 0.862. The predicted molar refractivity (Wildman–Crippen MR) is 71.9 cm³/mol. The molecule has 0 unspecified atom stereocenters. The summed E-state index contributed by atoms with van der Waals surface area (Å²) >= 11 is 3.37. The molecule has 1 N–H and O–H groups in total. The number of nitrogens with one attached hydrogen (secondary N) is 1. The van der Waals surface area contributed by atoms with Crippen LogP contribution in [0.1, 0.15) is 23.2 Å². The van der Waals surface area contributed by atoms with E-state index in [-0.39, 0.29) is 0 Å². The van der Waals surface area contributed by atoms with Gasteiger partial charge in [-0.3, -0.25) is 9.59 Å². The summed E-state index contributed by atoms with van der Waals surface area (Å²) in [6.45, 7) is 1.28. The number of rotatable bonds is 4. The van der Waals surface area contributed by atoms with Gasteiger partial charge < -0.3 is 10.2 Å². The van der Waals surface area contributed by atoms with Crippen LogP contribution >= 0.6 is 15.9 Å². The van der Waals surface area contributed by atoms with Gasteiger partial charge in [0.05, 0.1) is 11.3 Å². The molecule has 1 fully saturated rings. The predicted octanol–water partition coefficient (Wildman–Crippen LogP) is 1.73. The number of carbonyl (C=O) groups excluding carboxylic acids is 2. The second-order valence-corrected chi connectivity index (χ2v) is 5.59.